The maximum absolute atomic E-state index is 11.7. The predicted molar refractivity (Wildman–Crippen MR) is 65.3 cm³/mol. The van der Waals surface area contributed by atoms with Crippen LogP contribution in [0.4, 0.5) is 0 Å². The lowest BCUT2D eigenvalue weighted by molar-refractivity contribution is -0.139. The third-order valence-corrected chi connectivity index (χ3v) is 3.16. The van der Waals surface area contributed by atoms with E-state index in [0.29, 0.717) is 13.0 Å². The van der Waals surface area contributed by atoms with Crippen LogP contribution in [0, 0.1) is 5.92 Å². The standard InChI is InChI=1S/C14H17NO2/c1-11-10-13(16)15(14(11)17)9-5-8-12-6-3-2-4-7-12/h2-4,6-7,11H,5,8-10H2,1H3/t11-/m1/s1. The van der Waals surface area contributed by atoms with Crippen LogP contribution in [-0.2, 0) is 16.0 Å². The van der Waals surface area contributed by atoms with Gasteiger partial charge in [0.15, 0.2) is 0 Å². The molecule has 3 heteroatoms. The number of nitrogens with zero attached hydrogens (tertiary/aromatic N) is 1. The largest absolute Gasteiger partial charge is 0.282 e. The number of carbonyl (C=O) groups excluding carboxylic acids is 2. The zero-order valence-corrected chi connectivity index (χ0v) is 10.1. The van der Waals surface area contributed by atoms with Crippen molar-refractivity contribution in [1.29, 1.82) is 0 Å². The van der Waals surface area contributed by atoms with Crippen molar-refractivity contribution < 1.29 is 9.59 Å². The van der Waals surface area contributed by atoms with Gasteiger partial charge in [-0.15, -0.1) is 0 Å². The van der Waals surface area contributed by atoms with Gasteiger partial charge in [0.1, 0.15) is 0 Å². The molecular weight excluding hydrogens is 214 g/mol. The third kappa shape index (κ3) is 2.73. The van der Waals surface area contributed by atoms with Crippen LogP contribution in [0.3, 0.4) is 0 Å². The number of amides is 2. The Balaban J connectivity index is 1.83. The topological polar surface area (TPSA) is 37.4 Å². The van der Waals surface area contributed by atoms with Gasteiger partial charge in [0, 0.05) is 18.9 Å². The van der Waals surface area contributed by atoms with Gasteiger partial charge in [0.2, 0.25) is 11.8 Å². The molecule has 1 fully saturated rings. The molecule has 0 spiro atoms. The van der Waals surface area contributed by atoms with E-state index in [2.05, 4.69) is 12.1 Å². The lowest BCUT2D eigenvalue weighted by atomic mass is 10.1. The Morgan fingerprint density at radius 1 is 1.24 bits per heavy atom. The number of carbonyl (C=O) groups is 2. The molecule has 0 saturated carbocycles. The van der Waals surface area contributed by atoms with Gasteiger partial charge in [0.25, 0.3) is 0 Å². The molecular formula is C14H17NO2. The highest BCUT2D eigenvalue weighted by atomic mass is 16.2. The monoisotopic (exact) mass is 231 g/mol. The minimum atomic E-state index is -0.126. The van der Waals surface area contributed by atoms with E-state index in [1.807, 2.05) is 25.1 Å². The van der Waals surface area contributed by atoms with Crippen molar-refractivity contribution in [2.24, 2.45) is 5.92 Å². The van der Waals surface area contributed by atoms with E-state index in [1.165, 1.54) is 10.5 Å². The number of benzene rings is 1. The van der Waals surface area contributed by atoms with E-state index in [9.17, 15) is 9.59 Å². The van der Waals surface area contributed by atoms with Gasteiger partial charge < -0.3 is 0 Å². The first-order chi connectivity index (χ1) is 8.18. The summed E-state index contributed by atoms with van der Waals surface area (Å²) in [7, 11) is 0. The second-order valence-corrected chi connectivity index (χ2v) is 4.58. The first-order valence-corrected chi connectivity index (χ1v) is 6.06. The van der Waals surface area contributed by atoms with Crippen molar-refractivity contribution in [3.63, 3.8) is 0 Å². The van der Waals surface area contributed by atoms with E-state index in [1.54, 1.807) is 0 Å². The smallest absolute Gasteiger partial charge is 0.232 e. The van der Waals surface area contributed by atoms with Crippen LogP contribution in [-0.4, -0.2) is 23.3 Å². The van der Waals surface area contributed by atoms with Crippen LogP contribution in [0.25, 0.3) is 0 Å². The molecule has 1 atom stereocenters. The van der Waals surface area contributed by atoms with Crippen LogP contribution < -0.4 is 0 Å². The molecule has 0 bridgehead atoms. The molecule has 1 aliphatic rings. The van der Waals surface area contributed by atoms with E-state index < -0.39 is 0 Å². The van der Waals surface area contributed by atoms with Crippen LogP contribution in [0.2, 0.25) is 0 Å². The van der Waals surface area contributed by atoms with Gasteiger partial charge >= 0.3 is 0 Å². The summed E-state index contributed by atoms with van der Waals surface area (Å²) < 4.78 is 0. The number of imide groups is 1. The fraction of sp³-hybridized carbons (Fsp3) is 0.429. The molecule has 90 valence electrons. The van der Waals surface area contributed by atoms with Gasteiger partial charge in [-0.25, -0.2) is 0 Å². The van der Waals surface area contributed by atoms with E-state index in [-0.39, 0.29) is 17.7 Å². The summed E-state index contributed by atoms with van der Waals surface area (Å²) in [5, 5.41) is 0. The number of hydrogen-bond acceptors (Lipinski definition) is 2. The summed E-state index contributed by atoms with van der Waals surface area (Å²) in [4.78, 5) is 24.6. The van der Waals surface area contributed by atoms with Crippen molar-refractivity contribution >= 4 is 11.8 Å². The lowest BCUT2D eigenvalue weighted by Gasteiger charge is -2.13. The molecule has 2 amide bonds. The highest BCUT2D eigenvalue weighted by molar-refractivity contribution is 6.03. The highest BCUT2D eigenvalue weighted by Gasteiger charge is 2.34. The SMILES string of the molecule is C[C@@H]1CC(=O)N(CCCc2ccccc2)C1=O. The molecule has 0 aliphatic carbocycles. The minimum absolute atomic E-state index is 0.0111. The minimum Gasteiger partial charge on any atom is -0.282 e. The molecule has 2 rings (SSSR count). The molecule has 1 aromatic rings. The summed E-state index contributed by atoms with van der Waals surface area (Å²) in [5.74, 6) is -0.155. The average molecular weight is 231 g/mol. The Hall–Kier alpha value is -1.64. The Kier molecular flexibility index (Phi) is 3.57. The van der Waals surface area contributed by atoms with Crippen LogP contribution in [0.15, 0.2) is 30.3 Å². The van der Waals surface area contributed by atoms with Gasteiger partial charge in [-0.3, -0.25) is 14.5 Å². The summed E-state index contributed by atoms with van der Waals surface area (Å²) >= 11 is 0. The van der Waals surface area contributed by atoms with Gasteiger partial charge in [-0.2, -0.15) is 0 Å². The normalized spacial score (nSPS) is 20.1. The lowest BCUT2D eigenvalue weighted by Crippen LogP contribution is -2.31. The Morgan fingerprint density at radius 3 is 2.53 bits per heavy atom. The van der Waals surface area contributed by atoms with E-state index in [4.69, 9.17) is 0 Å². The van der Waals surface area contributed by atoms with Gasteiger partial charge in [0.05, 0.1) is 0 Å². The molecule has 17 heavy (non-hydrogen) atoms. The van der Waals surface area contributed by atoms with Crippen molar-refractivity contribution in [2.45, 2.75) is 26.2 Å². The molecule has 1 aromatic carbocycles. The maximum Gasteiger partial charge on any atom is 0.232 e. The van der Waals surface area contributed by atoms with Gasteiger partial charge in [-0.05, 0) is 18.4 Å². The van der Waals surface area contributed by atoms with Crippen molar-refractivity contribution in [2.75, 3.05) is 6.54 Å². The first-order valence-electron chi connectivity index (χ1n) is 6.06. The fourth-order valence-electron chi connectivity index (χ4n) is 2.17. The molecule has 0 unspecified atom stereocenters. The molecule has 0 radical (unpaired) electrons. The second-order valence-electron chi connectivity index (χ2n) is 4.58. The van der Waals surface area contributed by atoms with E-state index >= 15 is 0 Å². The van der Waals surface area contributed by atoms with Crippen LogP contribution in [0.1, 0.15) is 25.3 Å². The quantitative estimate of drug-likeness (QED) is 0.743. The van der Waals surface area contributed by atoms with Crippen molar-refractivity contribution in [3.8, 4) is 0 Å². The maximum atomic E-state index is 11.7. The molecule has 1 aliphatic heterocycles. The molecule has 1 heterocycles. The predicted octanol–water partition coefficient (Wildman–Crippen LogP) is 2.01. The molecule has 1 saturated heterocycles. The summed E-state index contributed by atoms with van der Waals surface area (Å²) in [6.45, 7) is 2.37. The van der Waals surface area contributed by atoms with Crippen LogP contribution in [0.5, 0.6) is 0 Å². The zero-order valence-electron chi connectivity index (χ0n) is 10.1. The van der Waals surface area contributed by atoms with Gasteiger partial charge in [-0.1, -0.05) is 37.3 Å². The number of aryl methyl sites for hydroxylation is 1. The summed E-state index contributed by atoms with van der Waals surface area (Å²) in [5.41, 5.74) is 1.25. The average Bonchev–Trinajstić information content (AvgIpc) is 2.57. The number of likely N-dealkylation sites (tertiary alicyclic amines) is 1. The first kappa shape index (κ1) is 11.8. The Labute approximate surface area is 101 Å². The number of rotatable bonds is 4. The Morgan fingerprint density at radius 2 is 1.94 bits per heavy atom. The molecule has 0 aromatic heterocycles. The molecule has 0 N–H and O–H groups in total. The molecule has 3 nitrogen and oxygen atoms in total. The van der Waals surface area contributed by atoms with Crippen LogP contribution >= 0.6 is 0 Å². The third-order valence-electron chi connectivity index (χ3n) is 3.16. The van der Waals surface area contributed by atoms with E-state index in [0.717, 1.165) is 12.8 Å². The second kappa shape index (κ2) is 5.13. The fourth-order valence-corrected chi connectivity index (χ4v) is 2.17. The summed E-state index contributed by atoms with van der Waals surface area (Å²) in [6.07, 6.45) is 2.13. The zero-order chi connectivity index (χ0) is 12.3. The van der Waals surface area contributed by atoms with Crippen molar-refractivity contribution in [1.82, 2.24) is 4.90 Å². The summed E-state index contributed by atoms with van der Waals surface area (Å²) in [6, 6.07) is 10.1. The Bertz CT molecular complexity index is 413. The number of hydrogen-bond donors (Lipinski definition) is 0. The van der Waals surface area contributed by atoms with Crippen molar-refractivity contribution in [3.05, 3.63) is 35.9 Å². The highest BCUT2D eigenvalue weighted by Crippen LogP contribution is 2.19.